The number of hydrogen-bond donors (Lipinski definition) is 2. The second-order valence-electron chi connectivity index (χ2n) is 6.20. The second-order valence-corrected chi connectivity index (χ2v) is 8.49. The number of benzene rings is 2. The van der Waals surface area contributed by atoms with Gasteiger partial charge in [0.25, 0.3) is 11.5 Å². The zero-order valence-electron chi connectivity index (χ0n) is 14.7. The number of H-pyrrole nitrogens is 1. The van der Waals surface area contributed by atoms with E-state index >= 15 is 0 Å². The van der Waals surface area contributed by atoms with E-state index in [9.17, 15) is 14.0 Å². The number of para-hydroxylation sites is 1. The summed E-state index contributed by atoms with van der Waals surface area (Å²) in [5, 5.41) is 5.09. The molecule has 0 bridgehead atoms. The van der Waals surface area contributed by atoms with E-state index in [1.165, 1.54) is 35.6 Å². The molecule has 0 aliphatic rings. The van der Waals surface area contributed by atoms with Gasteiger partial charge in [0.15, 0.2) is 4.77 Å². The smallest absolute Gasteiger partial charge is 0.266 e. The van der Waals surface area contributed by atoms with Crippen LogP contribution >= 0.6 is 39.5 Å². The maximum atomic E-state index is 14.2. The van der Waals surface area contributed by atoms with Gasteiger partial charge in [-0.05, 0) is 64.5 Å². The first-order valence-electron chi connectivity index (χ1n) is 8.49. The molecule has 0 radical (unpaired) electrons. The Morgan fingerprint density at radius 3 is 2.76 bits per heavy atom. The first-order valence-corrected chi connectivity index (χ1v) is 10.6. The lowest BCUT2D eigenvalue weighted by Gasteiger charge is -2.10. The van der Waals surface area contributed by atoms with Crippen molar-refractivity contribution in [2.45, 2.75) is 6.54 Å². The average molecular weight is 490 g/mol. The largest absolute Gasteiger partial charge is 0.347 e. The Morgan fingerprint density at radius 1 is 1.24 bits per heavy atom. The van der Waals surface area contributed by atoms with E-state index in [2.05, 4.69) is 26.2 Å². The van der Waals surface area contributed by atoms with E-state index in [4.69, 9.17) is 12.2 Å². The third-order valence-electron chi connectivity index (χ3n) is 4.30. The Morgan fingerprint density at radius 2 is 2.03 bits per heavy atom. The van der Waals surface area contributed by atoms with Crippen LogP contribution in [0.1, 0.15) is 15.2 Å². The molecule has 9 heteroatoms. The fourth-order valence-corrected chi connectivity index (χ4v) is 4.61. The molecule has 2 aromatic carbocycles. The SMILES string of the molecule is O=C(NCc1cc(Br)cs1)c1ccc2c(=O)n(-c3ccccc3F)c(=S)[nH]c2c1. The van der Waals surface area contributed by atoms with Crippen molar-refractivity contribution in [3.63, 3.8) is 0 Å². The molecule has 146 valence electrons. The molecule has 0 aliphatic carbocycles. The first kappa shape index (κ1) is 19.7. The first-order chi connectivity index (χ1) is 13.9. The fraction of sp³-hybridized carbons (Fsp3) is 0.0500. The molecule has 2 heterocycles. The second kappa shape index (κ2) is 8.02. The summed E-state index contributed by atoms with van der Waals surface area (Å²) in [6, 6.07) is 12.5. The van der Waals surface area contributed by atoms with Crippen molar-refractivity contribution in [3.05, 3.63) is 89.8 Å². The van der Waals surface area contributed by atoms with Crippen molar-refractivity contribution in [2.24, 2.45) is 0 Å². The number of carbonyl (C=O) groups excluding carboxylic acids is 1. The van der Waals surface area contributed by atoms with Crippen molar-refractivity contribution >= 4 is 56.3 Å². The topological polar surface area (TPSA) is 66.9 Å². The third-order valence-corrected chi connectivity index (χ3v) is 6.28. The molecular weight excluding hydrogens is 477 g/mol. The Labute approximate surface area is 182 Å². The maximum absolute atomic E-state index is 14.2. The van der Waals surface area contributed by atoms with Crippen LogP contribution < -0.4 is 10.9 Å². The number of nitrogens with zero attached hydrogens (tertiary/aromatic N) is 1. The Kier molecular flexibility index (Phi) is 5.44. The van der Waals surface area contributed by atoms with Gasteiger partial charge in [-0.15, -0.1) is 11.3 Å². The Hall–Kier alpha value is -2.62. The number of nitrogens with one attached hydrogen (secondary N) is 2. The minimum absolute atomic E-state index is 0.0496. The van der Waals surface area contributed by atoms with Crippen LogP contribution in [0.4, 0.5) is 4.39 Å². The third kappa shape index (κ3) is 3.93. The molecule has 29 heavy (non-hydrogen) atoms. The molecule has 0 saturated carbocycles. The Bertz CT molecular complexity index is 1360. The van der Waals surface area contributed by atoms with Crippen molar-refractivity contribution < 1.29 is 9.18 Å². The molecule has 5 nitrogen and oxygen atoms in total. The molecule has 2 aromatic heterocycles. The summed E-state index contributed by atoms with van der Waals surface area (Å²) in [6.07, 6.45) is 0. The van der Waals surface area contributed by atoms with Crippen molar-refractivity contribution in [1.29, 1.82) is 0 Å². The number of amides is 1. The number of fused-ring (bicyclic) bond motifs is 1. The van der Waals surface area contributed by atoms with Gasteiger partial charge in [-0.1, -0.05) is 12.1 Å². The monoisotopic (exact) mass is 489 g/mol. The van der Waals surface area contributed by atoms with E-state index in [0.717, 1.165) is 13.9 Å². The summed E-state index contributed by atoms with van der Waals surface area (Å²) < 4.78 is 16.3. The van der Waals surface area contributed by atoms with Gasteiger partial charge in [-0.3, -0.25) is 9.59 Å². The number of thiophene rings is 1. The lowest BCUT2D eigenvalue weighted by Crippen LogP contribution is -2.24. The molecule has 0 unspecified atom stereocenters. The van der Waals surface area contributed by atoms with E-state index in [-0.39, 0.29) is 16.4 Å². The van der Waals surface area contributed by atoms with Crippen molar-refractivity contribution in [2.75, 3.05) is 0 Å². The van der Waals surface area contributed by atoms with E-state index in [1.54, 1.807) is 18.2 Å². The quantitative estimate of drug-likeness (QED) is 0.399. The van der Waals surface area contributed by atoms with Gasteiger partial charge in [0.2, 0.25) is 0 Å². The number of carbonyl (C=O) groups is 1. The number of hydrogen-bond acceptors (Lipinski definition) is 4. The lowest BCUT2D eigenvalue weighted by molar-refractivity contribution is 0.0951. The molecule has 1 amide bonds. The van der Waals surface area contributed by atoms with Gasteiger partial charge < -0.3 is 10.3 Å². The van der Waals surface area contributed by atoms with Crippen LogP contribution in [-0.4, -0.2) is 15.5 Å². The van der Waals surface area contributed by atoms with Gasteiger partial charge in [0, 0.05) is 20.3 Å². The highest BCUT2D eigenvalue weighted by molar-refractivity contribution is 9.10. The highest BCUT2D eigenvalue weighted by Crippen LogP contribution is 2.20. The van der Waals surface area contributed by atoms with Crippen LogP contribution in [-0.2, 0) is 6.54 Å². The van der Waals surface area contributed by atoms with Crippen LogP contribution in [0.3, 0.4) is 0 Å². The maximum Gasteiger partial charge on any atom is 0.266 e. The summed E-state index contributed by atoms with van der Waals surface area (Å²) in [7, 11) is 0. The zero-order chi connectivity index (χ0) is 20.5. The minimum atomic E-state index is -0.551. The number of aromatic nitrogens is 2. The average Bonchev–Trinajstić information content (AvgIpc) is 3.12. The van der Waals surface area contributed by atoms with Crippen molar-refractivity contribution in [1.82, 2.24) is 14.9 Å². The minimum Gasteiger partial charge on any atom is -0.347 e. The van der Waals surface area contributed by atoms with Crippen molar-refractivity contribution in [3.8, 4) is 5.69 Å². The summed E-state index contributed by atoms with van der Waals surface area (Å²) in [4.78, 5) is 29.3. The molecular formula is C20H13BrFN3O2S2. The number of aromatic amines is 1. The molecule has 4 rings (SSSR count). The number of rotatable bonds is 4. The Balaban J connectivity index is 1.69. The molecule has 0 spiro atoms. The van der Waals surface area contributed by atoms with E-state index in [0.29, 0.717) is 23.0 Å². The van der Waals surface area contributed by atoms with Gasteiger partial charge in [-0.25, -0.2) is 8.96 Å². The predicted molar refractivity (Wildman–Crippen MR) is 118 cm³/mol. The van der Waals surface area contributed by atoms with Gasteiger partial charge in [0.1, 0.15) is 5.82 Å². The van der Waals surface area contributed by atoms with Gasteiger partial charge in [0.05, 0.1) is 23.1 Å². The summed E-state index contributed by atoms with van der Waals surface area (Å²) >= 11 is 10.2. The van der Waals surface area contributed by atoms with Gasteiger partial charge >= 0.3 is 0 Å². The molecule has 0 fully saturated rings. The lowest BCUT2D eigenvalue weighted by atomic mass is 10.1. The van der Waals surface area contributed by atoms with Crippen LogP contribution in [0.15, 0.2) is 63.2 Å². The predicted octanol–water partition coefficient (Wildman–Crippen LogP) is 4.94. The zero-order valence-corrected chi connectivity index (χ0v) is 18.0. The van der Waals surface area contributed by atoms with E-state index in [1.807, 2.05) is 11.4 Å². The molecule has 0 saturated heterocycles. The van der Waals surface area contributed by atoms with Gasteiger partial charge in [-0.2, -0.15) is 0 Å². The van der Waals surface area contributed by atoms with Crippen LogP contribution in [0.2, 0.25) is 0 Å². The molecule has 4 aromatic rings. The highest BCUT2D eigenvalue weighted by atomic mass is 79.9. The summed E-state index contributed by atoms with van der Waals surface area (Å²) in [6.45, 7) is 0.401. The fourth-order valence-electron chi connectivity index (χ4n) is 2.93. The summed E-state index contributed by atoms with van der Waals surface area (Å²) in [5.41, 5.74) is 0.426. The standard InChI is InChI=1S/C20H13BrFN3O2S2/c21-12-8-13(29-10-12)9-23-18(26)11-5-6-14-16(7-11)24-20(28)25(19(14)27)17-4-2-1-3-15(17)22/h1-8,10H,9H2,(H,23,26)(H,24,28). The van der Waals surface area contributed by atoms with E-state index < -0.39 is 11.4 Å². The molecule has 0 aliphatic heterocycles. The molecule has 0 atom stereocenters. The van der Waals surface area contributed by atoms with Crippen LogP contribution in [0.25, 0.3) is 16.6 Å². The normalized spacial score (nSPS) is 11.0. The van der Waals surface area contributed by atoms with Crippen LogP contribution in [0, 0.1) is 10.6 Å². The van der Waals surface area contributed by atoms with Crippen LogP contribution in [0.5, 0.6) is 0 Å². The molecule has 2 N–H and O–H groups in total. The highest BCUT2D eigenvalue weighted by Gasteiger charge is 2.13. The number of halogens is 2. The summed E-state index contributed by atoms with van der Waals surface area (Å²) in [5.74, 6) is -0.821.